The molecule has 0 rings (SSSR count). The molecule has 0 bridgehead atoms. The molecule has 3 nitrogen and oxygen atoms in total. The van der Waals surface area contributed by atoms with E-state index in [0.717, 1.165) is 12.1 Å². The van der Waals surface area contributed by atoms with Gasteiger partial charge in [-0.15, -0.1) is 0 Å². The van der Waals surface area contributed by atoms with Crippen LogP contribution in [0.4, 0.5) is 0 Å². The highest BCUT2D eigenvalue weighted by molar-refractivity contribution is 5.85. The van der Waals surface area contributed by atoms with Crippen molar-refractivity contribution < 1.29 is 4.79 Å². The lowest BCUT2D eigenvalue weighted by molar-refractivity contribution is -0.129. The van der Waals surface area contributed by atoms with Crippen LogP contribution in [-0.4, -0.2) is 11.6 Å². The molecule has 1 amide bonds. The number of rotatable bonds is 3. The van der Waals surface area contributed by atoms with Crippen LogP contribution in [0, 0.1) is 5.41 Å². The minimum atomic E-state index is -0.320. The van der Waals surface area contributed by atoms with Crippen LogP contribution >= 0.6 is 0 Å². The first-order valence-electron chi connectivity index (χ1n) is 4.21. The predicted molar refractivity (Wildman–Crippen MR) is 51.0 cm³/mol. The zero-order chi connectivity index (χ0) is 9.78. The van der Waals surface area contributed by atoms with Crippen molar-refractivity contribution in [1.82, 2.24) is 5.43 Å². The van der Waals surface area contributed by atoms with Crippen LogP contribution in [0.5, 0.6) is 0 Å². The highest BCUT2D eigenvalue weighted by Gasteiger charge is 2.24. The molecule has 3 heteroatoms. The molecular formula is C9H18N2O. The standard InChI is InChI=1S/C9H18N2O/c1-6-9(4,5)8(12)11-10-7(2)3/h6H2,1-5H3,(H,11,12). The second kappa shape index (κ2) is 4.24. The molecule has 0 aromatic heterocycles. The van der Waals surface area contributed by atoms with Crippen molar-refractivity contribution in [2.45, 2.75) is 41.0 Å². The monoisotopic (exact) mass is 170 g/mol. The van der Waals surface area contributed by atoms with Gasteiger partial charge in [-0.2, -0.15) is 5.10 Å². The van der Waals surface area contributed by atoms with Gasteiger partial charge in [0.05, 0.1) is 0 Å². The van der Waals surface area contributed by atoms with E-state index >= 15 is 0 Å². The Bertz CT molecular complexity index is 191. The summed E-state index contributed by atoms with van der Waals surface area (Å²) < 4.78 is 0. The molecule has 12 heavy (non-hydrogen) atoms. The highest BCUT2D eigenvalue weighted by atomic mass is 16.2. The largest absolute Gasteiger partial charge is 0.273 e. The van der Waals surface area contributed by atoms with Gasteiger partial charge in [-0.05, 0) is 20.3 Å². The van der Waals surface area contributed by atoms with Gasteiger partial charge in [0.2, 0.25) is 5.91 Å². The van der Waals surface area contributed by atoms with Gasteiger partial charge in [0.25, 0.3) is 0 Å². The van der Waals surface area contributed by atoms with E-state index in [2.05, 4.69) is 10.5 Å². The van der Waals surface area contributed by atoms with Crippen molar-refractivity contribution in [3.63, 3.8) is 0 Å². The van der Waals surface area contributed by atoms with E-state index < -0.39 is 0 Å². The van der Waals surface area contributed by atoms with Gasteiger partial charge in [-0.3, -0.25) is 4.79 Å². The Morgan fingerprint density at radius 1 is 1.42 bits per heavy atom. The van der Waals surface area contributed by atoms with Crippen LogP contribution in [0.3, 0.4) is 0 Å². The molecule has 0 saturated carbocycles. The van der Waals surface area contributed by atoms with E-state index in [-0.39, 0.29) is 11.3 Å². The minimum Gasteiger partial charge on any atom is -0.273 e. The average molecular weight is 170 g/mol. The van der Waals surface area contributed by atoms with E-state index in [1.165, 1.54) is 0 Å². The Labute approximate surface area is 74.2 Å². The summed E-state index contributed by atoms with van der Waals surface area (Å²) in [4.78, 5) is 11.4. The number of amides is 1. The third-order valence-electron chi connectivity index (χ3n) is 1.88. The maximum atomic E-state index is 11.4. The number of nitrogens with zero attached hydrogens (tertiary/aromatic N) is 1. The molecule has 0 saturated heterocycles. The van der Waals surface area contributed by atoms with Gasteiger partial charge in [0, 0.05) is 11.1 Å². The zero-order valence-electron chi connectivity index (χ0n) is 8.56. The quantitative estimate of drug-likeness (QED) is 0.510. The normalized spacial score (nSPS) is 10.8. The second-order valence-corrected chi connectivity index (χ2v) is 3.74. The summed E-state index contributed by atoms with van der Waals surface area (Å²) in [6.07, 6.45) is 0.817. The van der Waals surface area contributed by atoms with E-state index in [9.17, 15) is 4.79 Å². The second-order valence-electron chi connectivity index (χ2n) is 3.74. The first kappa shape index (κ1) is 11.1. The van der Waals surface area contributed by atoms with E-state index in [0.29, 0.717) is 0 Å². The molecule has 0 aromatic carbocycles. The molecule has 1 N–H and O–H groups in total. The van der Waals surface area contributed by atoms with Crippen LogP contribution in [0.25, 0.3) is 0 Å². The number of carbonyl (C=O) groups is 1. The molecule has 0 spiro atoms. The van der Waals surface area contributed by atoms with Crippen molar-refractivity contribution in [3.05, 3.63) is 0 Å². The third-order valence-corrected chi connectivity index (χ3v) is 1.88. The molecule has 0 fully saturated rings. The first-order chi connectivity index (χ1) is 5.40. The summed E-state index contributed by atoms with van der Waals surface area (Å²) in [5, 5.41) is 3.86. The zero-order valence-corrected chi connectivity index (χ0v) is 8.56. The van der Waals surface area contributed by atoms with E-state index in [4.69, 9.17) is 0 Å². The maximum absolute atomic E-state index is 11.4. The molecule has 0 heterocycles. The molecular weight excluding hydrogens is 152 g/mol. The Balaban J connectivity index is 4.14. The highest BCUT2D eigenvalue weighted by Crippen LogP contribution is 2.19. The molecule has 0 atom stereocenters. The van der Waals surface area contributed by atoms with Gasteiger partial charge in [-0.25, -0.2) is 5.43 Å². The number of carbonyl (C=O) groups excluding carboxylic acids is 1. The SMILES string of the molecule is CCC(C)(C)C(=O)NN=C(C)C. The van der Waals surface area contributed by atoms with Gasteiger partial charge in [0.1, 0.15) is 0 Å². The van der Waals surface area contributed by atoms with Crippen molar-refractivity contribution >= 4 is 11.6 Å². The van der Waals surface area contributed by atoms with E-state index in [1.807, 2.05) is 34.6 Å². The Hall–Kier alpha value is -0.860. The molecule has 0 aliphatic rings. The van der Waals surface area contributed by atoms with Gasteiger partial charge >= 0.3 is 0 Å². The fraction of sp³-hybridized carbons (Fsp3) is 0.778. The Morgan fingerprint density at radius 2 is 1.92 bits per heavy atom. The van der Waals surface area contributed by atoms with Crippen molar-refractivity contribution in [1.29, 1.82) is 0 Å². The molecule has 70 valence electrons. The molecule has 0 aliphatic carbocycles. The lowest BCUT2D eigenvalue weighted by Crippen LogP contribution is -2.33. The maximum Gasteiger partial charge on any atom is 0.245 e. The molecule has 0 unspecified atom stereocenters. The average Bonchev–Trinajstić information content (AvgIpc) is 2.00. The van der Waals surface area contributed by atoms with Crippen molar-refractivity contribution in [2.75, 3.05) is 0 Å². The lowest BCUT2D eigenvalue weighted by atomic mass is 9.90. The van der Waals surface area contributed by atoms with Crippen LogP contribution in [0.2, 0.25) is 0 Å². The summed E-state index contributed by atoms with van der Waals surface area (Å²) in [7, 11) is 0. The Kier molecular flexibility index (Phi) is 3.93. The molecule has 0 aromatic rings. The smallest absolute Gasteiger partial charge is 0.245 e. The summed E-state index contributed by atoms with van der Waals surface area (Å²) in [6.45, 7) is 9.49. The summed E-state index contributed by atoms with van der Waals surface area (Å²) in [6, 6.07) is 0. The van der Waals surface area contributed by atoms with E-state index in [1.54, 1.807) is 0 Å². The lowest BCUT2D eigenvalue weighted by Gasteiger charge is -2.19. The predicted octanol–water partition coefficient (Wildman–Crippen LogP) is 1.93. The third kappa shape index (κ3) is 3.51. The summed E-state index contributed by atoms with van der Waals surface area (Å²) >= 11 is 0. The number of hydrogen-bond donors (Lipinski definition) is 1. The number of hydrogen-bond acceptors (Lipinski definition) is 2. The van der Waals surface area contributed by atoms with Crippen LogP contribution in [0.1, 0.15) is 41.0 Å². The first-order valence-corrected chi connectivity index (χ1v) is 4.21. The molecule has 0 aliphatic heterocycles. The van der Waals surface area contributed by atoms with Gasteiger partial charge in [0.15, 0.2) is 0 Å². The van der Waals surface area contributed by atoms with Crippen LogP contribution in [-0.2, 0) is 4.79 Å². The fourth-order valence-corrected chi connectivity index (χ4v) is 0.474. The van der Waals surface area contributed by atoms with Crippen molar-refractivity contribution in [2.24, 2.45) is 10.5 Å². The van der Waals surface area contributed by atoms with Gasteiger partial charge in [-0.1, -0.05) is 20.8 Å². The topological polar surface area (TPSA) is 41.5 Å². The van der Waals surface area contributed by atoms with Crippen molar-refractivity contribution in [3.8, 4) is 0 Å². The molecule has 0 radical (unpaired) electrons. The van der Waals surface area contributed by atoms with Crippen LogP contribution in [0.15, 0.2) is 5.10 Å². The minimum absolute atomic E-state index is 0.0220. The summed E-state index contributed by atoms with van der Waals surface area (Å²) in [5.74, 6) is -0.0220. The number of hydrazone groups is 1. The van der Waals surface area contributed by atoms with Gasteiger partial charge < -0.3 is 0 Å². The number of nitrogens with one attached hydrogen (secondary N) is 1. The Morgan fingerprint density at radius 3 is 2.25 bits per heavy atom. The fourth-order valence-electron chi connectivity index (χ4n) is 0.474. The van der Waals surface area contributed by atoms with Crippen LogP contribution < -0.4 is 5.43 Å². The summed E-state index contributed by atoms with van der Waals surface area (Å²) in [5.41, 5.74) is 3.06.